The molecule has 3 rings (SSSR count). The van der Waals surface area contributed by atoms with Gasteiger partial charge in [-0.2, -0.15) is 4.98 Å². The van der Waals surface area contributed by atoms with Gasteiger partial charge in [-0.05, 0) is 18.8 Å². The summed E-state index contributed by atoms with van der Waals surface area (Å²) in [5.74, 6) is 1.64. The molecule has 1 fully saturated rings. The maximum absolute atomic E-state index is 6.23. The Balaban J connectivity index is 1.76. The van der Waals surface area contributed by atoms with Crippen LogP contribution in [0.5, 0.6) is 0 Å². The Morgan fingerprint density at radius 3 is 2.89 bits per heavy atom. The van der Waals surface area contributed by atoms with Gasteiger partial charge in [-0.15, -0.1) is 11.3 Å². The monoisotopic (exact) mass is 264 g/mol. The van der Waals surface area contributed by atoms with Crippen LogP contribution >= 0.6 is 11.3 Å². The molecule has 2 N–H and O–H groups in total. The third-order valence-electron chi connectivity index (χ3n) is 3.54. The van der Waals surface area contributed by atoms with Gasteiger partial charge in [0.25, 0.3) is 0 Å². The van der Waals surface area contributed by atoms with Gasteiger partial charge in [-0.25, -0.2) is 0 Å². The summed E-state index contributed by atoms with van der Waals surface area (Å²) in [5.41, 5.74) is 7.98. The molecular formula is C12H16N4OS. The van der Waals surface area contributed by atoms with Crippen LogP contribution in [-0.2, 0) is 0 Å². The molecule has 1 aliphatic rings. The molecule has 2 aromatic rings. The summed E-state index contributed by atoms with van der Waals surface area (Å²) in [4.78, 5) is 9.32. The summed E-state index contributed by atoms with van der Waals surface area (Å²) in [7, 11) is 0. The van der Waals surface area contributed by atoms with E-state index < -0.39 is 0 Å². The Bertz CT molecular complexity index is 490. The number of thiazole rings is 1. The van der Waals surface area contributed by atoms with Crippen molar-refractivity contribution in [2.24, 2.45) is 11.7 Å². The Morgan fingerprint density at radius 1 is 1.33 bits per heavy atom. The van der Waals surface area contributed by atoms with E-state index in [0.717, 1.165) is 4.88 Å². The number of nitrogens with two attached hydrogens (primary N) is 1. The molecule has 0 amide bonds. The molecule has 1 unspecified atom stereocenters. The zero-order valence-corrected chi connectivity index (χ0v) is 10.9. The van der Waals surface area contributed by atoms with E-state index >= 15 is 0 Å². The summed E-state index contributed by atoms with van der Waals surface area (Å²) in [5, 5.41) is 3.98. The average molecular weight is 264 g/mol. The minimum atomic E-state index is -0.125. The first-order valence-electron chi connectivity index (χ1n) is 6.32. The van der Waals surface area contributed by atoms with E-state index in [2.05, 4.69) is 15.1 Å². The van der Waals surface area contributed by atoms with E-state index in [-0.39, 0.29) is 6.04 Å². The first-order chi connectivity index (χ1) is 8.84. The highest BCUT2D eigenvalue weighted by Crippen LogP contribution is 2.33. The molecular weight excluding hydrogens is 248 g/mol. The SMILES string of the molecule is NC(c1nc(-c2cncs2)no1)C1CCCCC1. The summed E-state index contributed by atoms with van der Waals surface area (Å²) in [6.45, 7) is 0. The smallest absolute Gasteiger partial charge is 0.244 e. The molecule has 18 heavy (non-hydrogen) atoms. The first kappa shape index (κ1) is 11.8. The van der Waals surface area contributed by atoms with Crippen molar-refractivity contribution in [1.82, 2.24) is 15.1 Å². The fourth-order valence-corrected chi connectivity index (χ4v) is 3.04. The van der Waals surface area contributed by atoms with E-state index in [1.807, 2.05) is 0 Å². The maximum Gasteiger partial charge on any atom is 0.244 e. The molecule has 0 bridgehead atoms. The fraction of sp³-hybridized carbons (Fsp3) is 0.583. The molecule has 2 aromatic heterocycles. The second-order valence-electron chi connectivity index (χ2n) is 4.75. The highest BCUT2D eigenvalue weighted by atomic mass is 32.1. The number of hydrogen-bond acceptors (Lipinski definition) is 6. The second-order valence-corrected chi connectivity index (χ2v) is 5.63. The lowest BCUT2D eigenvalue weighted by Gasteiger charge is -2.24. The number of aromatic nitrogens is 3. The third kappa shape index (κ3) is 2.30. The van der Waals surface area contributed by atoms with E-state index in [4.69, 9.17) is 10.3 Å². The van der Waals surface area contributed by atoms with Crippen LogP contribution in [0.15, 0.2) is 16.2 Å². The van der Waals surface area contributed by atoms with Crippen molar-refractivity contribution in [3.63, 3.8) is 0 Å². The van der Waals surface area contributed by atoms with E-state index in [1.165, 1.54) is 43.4 Å². The fourth-order valence-electron chi connectivity index (χ4n) is 2.49. The van der Waals surface area contributed by atoms with Crippen molar-refractivity contribution in [1.29, 1.82) is 0 Å². The predicted molar refractivity (Wildman–Crippen MR) is 68.9 cm³/mol. The van der Waals surface area contributed by atoms with Crippen molar-refractivity contribution in [2.75, 3.05) is 0 Å². The molecule has 0 spiro atoms. The quantitative estimate of drug-likeness (QED) is 0.922. The van der Waals surface area contributed by atoms with Crippen LogP contribution in [-0.4, -0.2) is 15.1 Å². The molecule has 6 heteroatoms. The molecule has 0 saturated heterocycles. The van der Waals surface area contributed by atoms with Crippen LogP contribution in [0.3, 0.4) is 0 Å². The molecule has 1 aliphatic carbocycles. The van der Waals surface area contributed by atoms with Crippen LogP contribution < -0.4 is 5.73 Å². The van der Waals surface area contributed by atoms with Gasteiger partial charge in [0.2, 0.25) is 11.7 Å². The van der Waals surface area contributed by atoms with Gasteiger partial charge < -0.3 is 10.3 Å². The van der Waals surface area contributed by atoms with E-state index in [9.17, 15) is 0 Å². The lowest BCUT2D eigenvalue weighted by atomic mass is 9.84. The van der Waals surface area contributed by atoms with Crippen molar-refractivity contribution in [3.8, 4) is 10.7 Å². The van der Waals surface area contributed by atoms with Crippen molar-refractivity contribution in [2.45, 2.75) is 38.1 Å². The van der Waals surface area contributed by atoms with Gasteiger partial charge in [0, 0.05) is 6.20 Å². The molecule has 2 heterocycles. The summed E-state index contributed by atoms with van der Waals surface area (Å²) in [6.07, 6.45) is 7.91. The van der Waals surface area contributed by atoms with Gasteiger partial charge in [0.15, 0.2) is 0 Å². The summed E-state index contributed by atoms with van der Waals surface area (Å²) >= 11 is 1.50. The molecule has 5 nitrogen and oxygen atoms in total. The maximum atomic E-state index is 6.23. The molecule has 0 radical (unpaired) electrons. The highest BCUT2D eigenvalue weighted by molar-refractivity contribution is 7.13. The molecule has 0 aromatic carbocycles. The van der Waals surface area contributed by atoms with Gasteiger partial charge in [-0.3, -0.25) is 4.98 Å². The van der Waals surface area contributed by atoms with Crippen LogP contribution in [0.25, 0.3) is 10.7 Å². The van der Waals surface area contributed by atoms with Crippen LogP contribution in [0.4, 0.5) is 0 Å². The van der Waals surface area contributed by atoms with Gasteiger partial charge >= 0.3 is 0 Å². The summed E-state index contributed by atoms with van der Waals surface area (Å²) in [6, 6.07) is -0.125. The van der Waals surface area contributed by atoms with Crippen LogP contribution in [0.2, 0.25) is 0 Å². The lowest BCUT2D eigenvalue weighted by molar-refractivity contribution is 0.255. The third-order valence-corrected chi connectivity index (χ3v) is 4.31. The van der Waals surface area contributed by atoms with Gasteiger partial charge in [0.05, 0.1) is 16.4 Å². The Morgan fingerprint density at radius 2 is 2.17 bits per heavy atom. The van der Waals surface area contributed by atoms with Crippen LogP contribution in [0.1, 0.15) is 44.0 Å². The number of rotatable bonds is 3. The minimum Gasteiger partial charge on any atom is -0.337 e. The second kappa shape index (κ2) is 5.16. The first-order valence-corrected chi connectivity index (χ1v) is 7.20. The Labute approximate surface area is 109 Å². The lowest BCUT2D eigenvalue weighted by Crippen LogP contribution is -2.23. The Hall–Kier alpha value is -1.27. The molecule has 1 atom stereocenters. The van der Waals surface area contributed by atoms with Crippen molar-refractivity contribution in [3.05, 3.63) is 17.6 Å². The van der Waals surface area contributed by atoms with Crippen LogP contribution in [0, 0.1) is 5.92 Å². The molecule has 1 saturated carbocycles. The van der Waals surface area contributed by atoms with Gasteiger partial charge in [0.1, 0.15) is 0 Å². The largest absolute Gasteiger partial charge is 0.337 e. The van der Waals surface area contributed by atoms with E-state index in [1.54, 1.807) is 11.7 Å². The predicted octanol–water partition coefficient (Wildman–Crippen LogP) is 2.77. The zero-order valence-electron chi connectivity index (χ0n) is 10.1. The zero-order chi connectivity index (χ0) is 12.4. The van der Waals surface area contributed by atoms with E-state index in [0.29, 0.717) is 17.6 Å². The average Bonchev–Trinajstić information content (AvgIpc) is 3.09. The number of nitrogens with zero attached hydrogens (tertiary/aromatic N) is 3. The van der Waals surface area contributed by atoms with Crippen molar-refractivity contribution < 1.29 is 4.52 Å². The van der Waals surface area contributed by atoms with Crippen molar-refractivity contribution >= 4 is 11.3 Å². The molecule has 0 aliphatic heterocycles. The minimum absolute atomic E-state index is 0.125. The number of hydrogen-bond donors (Lipinski definition) is 1. The normalized spacial score (nSPS) is 18.9. The molecule has 96 valence electrons. The standard InChI is InChI=1S/C12H16N4OS/c13-10(8-4-2-1-3-5-8)12-15-11(16-17-12)9-6-14-7-18-9/h6-8,10H,1-5,13H2. The Kier molecular flexibility index (Phi) is 3.38. The summed E-state index contributed by atoms with van der Waals surface area (Å²) < 4.78 is 5.30. The topological polar surface area (TPSA) is 77.8 Å². The van der Waals surface area contributed by atoms with Gasteiger partial charge in [-0.1, -0.05) is 24.4 Å². The highest BCUT2D eigenvalue weighted by Gasteiger charge is 2.26.